The minimum absolute atomic E-state index is 0.105. The van der Waals surface area contributed by atoms with Crippen LogP contribution in [0.2, 0.25) is 0 Å². The quantitative estimate of drug-likeness (QED) is 0.539. The Hall–Kier alpha value is -0.150. The lowest BCUT2D eigenvalue weighted by Gasteiger charge is -2.10. The summed E-state index contributed by atoms with van der Waals surface area (Å²) >= 11 is 9.53. The average Bonchev–Trinajstić information content (AvgIpc) is 1.83. The summed E-state index contributed by atoms with van der Waals surface area (Å²) in [5.74, 6) is 0. The zero-order valence-corrected chi connectivity index (χ0v) is 9.85. The molecular formula is C8H16Cl2O3. The van der Waals surface area contributed by atoms with Crippen LogP contribution < -0.4 is 0 Å². The highest BCUT2D eigenvalue weighted by atomic mass is 35.5. The van der Waals surface area contributed by atoms with Crippen molar-refractivity contribution in [3.63, 3.8) is 0 Å². The number of hydrogen-bond acceptors (Lipinski definition) is 3. The van der Waals surface area contributed by atoms with Crippen molar-refractivity contribution in [2.45, 2.75) is 39.9 Å². The Balaban J connectivity index is 0. The van der Waals surface area contributed by atoms with Crippen LogP contribution >= 0.6 is 23.2 Å². The Labute approximate surface area is 89.3 Å². The molecule has 0 spiro atoms. The molecule has 0 amide bonds. The summed E-state index contributed by atoms with van der Waals surface area (Å²) in [7, 11) is 0. The molecule has 0 radical (unpaired) electrons. The summed E-state index contributed by atoms with van der Waals surface area (Å²) in [5, 5.41) is 0.194. The first-order valence-corrected chi connectivity index (χ1v) is 5.00. The van der Waals surface area contributed by atoms with Crippen molar-refractivity contribution < 1.29 is 14.3 Å². The lowest BCUT2D eigenvalue weighted by atomic mass is 10.5. The largest absolute Gasteiger partial charge is 0.508 e. The van der Waals surface area contributed by atoms with Gasteiger partial charge in [-0.15, -0.1) is 23.2 Å². The van der Waals surface area contributed by atoms with E-state index in [1.165, 1.54) is 0 Å². The summed E-state index contributed by atoms with van der Waals surface area (Å²) in [4.78, 5) is 10.6. The predicted octanol–water partition coefficient (Wildman–Crippen LogP) is 3.38. The van der Waals surface area contributed by atoms with Gasteiger partial charge in [0.1, 0.15) is 0 Å². The standard InChI is InChI=1S/C7H14O3.CH2Cl2/c1-5(2)9-7(8)10-6(3)4;2-1-3/h5-6H,1-4H3;1H2. The molecule has 0 aliphatic heterocycles. The molecule has 5 heteroatoms. The lowest BCUT2D eigenvalue weighted by molar-refractivity contribution is 0.0167. The minimum atomic E-state index is -0.593. The van der Waals surface area contributed by atoms with E-state index >= 15 is 0 Å². The first kappa shape index (κ1) is 15.3. The number of ether oxygens (including phenoxy) is 2. The van der Waals surface area contributed by atoms with Gasteiger partial charge in [-0.1, -0.05) is 0 Å². The van der Waals surface area contributed by atoms with E-state index < -0.39 is 6.16 Å². The van der Waals surface area contributed by atoms with Gasteiger partial charge in [0.25, 0.3) is 0 Å². The normalized spacial score (nSPS) is 9.23. The van der Waals surface area contributed by atoms with Gasteiger partial charge in [-0.25, -0.2) is 4.79 Å². The van der Waals surface area contributed by atoms with Crippen molar-refractivity contribution in [3.05, 3.63) is 0 Å². The van der Waals surface area contributed by atoms with Crippen molar-refractivity contribution in [2.24, 2.45) is 0 Å². The van der Waals surface area contributed by atoms with Crippen LogP contribution in [0.1, 0.15) is 27.7 Å². The maximum absolute atomic E-state index is 10.6. The van der Waals surface area contributed by atoms with E-state index in [0.717, 1.165) is 0 Å². The van der Waals surface area contributed by atoms with Crippen molar-refractivity contribution in [3.8, 4) is 0 Å². The average molecular weight is 231 g/mol. The van der Waals surface area contributed by atoms with Crippen molar-refractivity contribution in [1.29, 1.82) is 0 Å². The van der Waals surface area contributed by atoms with Gasteiger partial charge in [-0.3, -0.25) is 0 Å². The van der Waals surface area contributed by atoms with Crippen LogP contribution in [0, 0.1) is 0 Å². The van der Waals surface area contributed by atoms with E-state index in [4.69, 9.17) is 32.7 Å². The van der Waals surface area contributed by atoms with E-state index in [9.17, 15) is 4.79 Å². The summed E-state index contributed by atoms with van der Waals surface area (Å²) in [5.41, 5.74) is 0. The highest BCUT2D eigenvalue weighted by Crippen LogP contribution is 1.95. The first-order chi connectivity index (χ1) is 5.93. The molecular weight excluding hydrogens is 215 g/mol. The maximum Gasteiger partial charge on any atom is 0.508 e. The highest BCUT2D eigenvalue weighted by molar-refractivity contribution is 6.40. The van der Waals surface area contributed by atoms with Crippen molar-refractivity contribution in [1.82, 2.24) is 0 Å². The molecule has 13 heavy (non-hydrogen) atoms. The van der Waals surface area contributed by atoms with Crippen LogP contribution in [-0.4, -0.2) is 23.7 Å². The zero-order valence-electron chi connectivity index (χ0n) is 8.34. The van der Waals surface area contributed by atoms with Crippen LogP contribution in [0.5, 0.6) is 0 Å². The lowest BCUT2D eigenvalue weighted by Crippen LogP contribution is -2.16. The predicted molar refractivity (Wildman–Crippen MR) is 54.4 cm³/mol. The monoisotopic (exact) mass is 230 g/mol. The summed E-state index contributed by atoms with van der Waals surface area (Å²) in [6.45, 7) is 7.12. The summed E-state index contributed by atoms with van der Waals surface area (Å²) < 4.78 is 9.40. The number of alkyl halides is 2. The molecule has 0 aromatic rings. The third-order valence-corrected chi connectivity index (χ3v) is 0.664. The second kappa shape index (κ2) is 9.93. The Bertz CT molecular complexity index is 115. The number of carbonyl (C=O) groups is 1. The summed E-state index contributed by atoms with van der Waals surface area (Å²) in [6, 6.07) is 0. The molecule has 0 saturated carbocycles. The molecule has 0 aliphatic rings. The van der Waals surface area contributed by atoms with Crippen molar-refractivity contribution in [2.75, 3.05) is 5.34 Å². The van der Waals surface area contributed by atoms with Crippen LogP contribution in [0.15, 0.2) is 0 Å². The molecule has 0 aromatic heterocycles. The molecule has 0 N–H and O–H groups in total. The minimum Gasteiger partial charge on any atom is -0.432 e. The van der Waals surface area contributed by atoms with Crippen LogP contribution in [0.3, 0.4) is 0 Å². The van der Waals surface area contributed by atoms with E-state index in [1.54, 1.807) is 27.7 Å². The molecule has 0 heterocycles. The van der Waals surface area contributed by atoms with Gasteiger partial charge in [0, 0.05) is 0 Å². The Morgan fingerprint density at radius 2 is 1.31 bits per heavy atom. The van der Waals surface area contributed by atoms with Gasteiger partial charge >= 0.3 is 6.16 Å². The van der Waals surface area contributed by atoms with Crippen LogP contribution in [0.25, 0.3) is 0 Å². The number of hydrogen-bond donors (Lipinski definition) is 0. The maximum atomic E-state index is 10.6. The van der Waals surface area contributed by atoms with Crippen LogP contribution in [-0.2, 0) is 9.47 Å². The Morgan fingerprint density at radius 3 is 1.46 bits per heavy atom. The molecule has 0 aromatic carbocycles. The number of carbonyl (C=O) groups excluding carboxylic acids is 1. The molecule has 0 fully saturated rings. The molecule has 0 rings (SSSR count). The van der Waals surface area contributed by atoms with E-state index in [-0.39, 0.29) is 17.5 Å². The smallest absolute Gasteiger partial charge is 0.432 e. The van der Waals surface area contributed by atoms with Gasteiger partial charge in [-0.05, 0) is 27.7 Å². The third-order valence-electron chi connectivity index (χ3n) is 0.664. The fourth-order valence-electron chi connectivity index (χ4n) is 0.413. The van der Waals surface area contributed by atoms with Gasteiger partial charge in [-0.2, -0.15) is 0 Å². The zero-order chi connectivity index (χ0) is 10.9. The summed E-state index contributed by atoms with van der Waals surface area (Å²) in [6.07, 6.45) is -0.803. The van der Waals surface area contributed by atoms with Gasteiger partial charge < -0.3 is 9.47 Å². The number of halogens is 2. The molecule has 0 atom stereocenters. The molecule has 0 saturated heterocycles. The van der Waals surface area contributed by atoms with Crippen LogP contribution in [0.4, 0.5) is 4.79 Å². The second-order valence-electron chi connectivity index (χ2n) is 2.68. The first-order valence-electron chi connectivity index (χ1n) is 3.93. The van der Waals surface area contributed by atoms with E-state index in [2.05, 4.69) is 0 Å². The molecule has 80 valence electrons. The molecule has 0 aliphatic carbocycles. The Morgan fingerprint density at radius 1 is 1.08 bits per heavy atom. The second-order valence-corrected chi connectivity index (χ2v) is 3.49. The third kappa shape index (κ3) is 18.7. The molecule has 0 bridgehead atoms. The SMILES string of the molecule is CC(C)OC(=O)OC(C)C.ClCCl. The molecule has 0 unspecified atom stereocenters. The topological polar surface area (TPSA) is 35.5 Å². The number of rotatable bonds is 2. The Kier molecular flexibility index (Phi) is 11.7. The van der Waals surface area contributed by atoms with E-state index in [1.807, 2.05) is 0 Å². The van der Waals surface area contributed by atoms with Crippen molar-refractivity contribution >= 4 is 29.4 Å². The molecule has 3 nitrogen and oxygen atoms in total. The van der Waals surface area contributed by atoms with Gasteiger partial charge in [0.2, 0.25) is 0 Å². The van der Waals surface area contributed by atoms with Gasteiger partial charge in [0.15, 0.2) is 0 Å². The highest BCUT2D eigenvalue weighted by Gasteiger charge is 2.07. The fourth-order valence-corrected chi connectivity index (χ4v) is 0.413. The van der Waals surface area contributed by atoms with E-state index in [0.29, 0.717) is 0 Å². The fraction of sp³-hybridized carbons (Fsp3) is 0.875. The van der Waals surface area contributed by atoms with Gasteiger partial charge in [0.05, 0.1) is 17.5 Å².